The fourth-order valence-corrected chi connectivity index (χ4v) is 1.27. The number of amides is 1. The third-order valence-electron chi connectivity index (χ3n) is 2.43. The van der Waals surface area contributed by atoms with Crippen LogP contribution in [0, 0.1) is 0 Å². The van der Waals surface area contributed by atoms with E-state index < -0.39 is 24.4 Å². The number of carbonyl (C=O) groups excluding carboxylic acids is 1. The molecule has 16 heavy (non-hydrogen) atoms. The van der Waals surface area contributed by atoms with Gasteiger partial charge in [0.25, 0.3) is 0 Å². The van der Waals surface area contributed by atoms with Gasteiger partial charge < -0.3 is 25.3 Å². The molecule has 6 nitrogen and oxygen atoms in total. The molecule has 0 radical (unpaired) electrons. The summed E-state index contributed by atoms with van der Waals surface area (Å²) in [6.07, 6.45) is -5.03. The molecule has 6 heteroatoms. The van der Waals surface area contributed by atoms with Gasteiger partial charge in [-0.3, -0.25) is 4.79 Å². The first-order valence-corrected chi connectivity index (χ1v) is 5.27. The molecule has 0 bridgehead atoms. The first kappa shape index (κ1) is 15.3. The van der Waals surface area contributed by atoms with Gasteiger partial charge in [-0.1, -0.05) is 6.92 Å². The monoisotopic (exact) mass is 235 g/mol. The Hall–Kier alpha value is -0.690. The number of aliphatic hydroxyl groups is 4. The van der Waals surface area contributed by atoms with Crippen molar-refractivity contribution in [1.82, 2.24) is 4.90 Å². The maximum Gasteiger partial charge on any atom is 0.222 e. The number of carbonyl (C=O) groups is 1. The SMILES string of the molecule is CCC(=O)N(C)CC(O)C(O)C(O)C(C)O. The molecule has 0 aliphatic heterocycles. The van der Waals surface area contributed by atoms with E-state index in [0.717, 1.165) is 0 Å². The van der Waals surface area contributed by atoms with Crippen LogP contribution < -0.4 is 0 Å². The molecule has 0 heterocycles. The minimum atomic E-state index is -1.48. The van der Waals surface area contributed by atoms with Crippen LogP contribution in [0.4, 0.5) is 0 Å². The standard InChI is InChI=1S/C10H21NO5/c1-4-8(14)11(3)5-7(13)10(16)9(15)6(2)12/h6-7,9-10,12-13,15-16H,4-5H2,1-3H3. The van der Waals surface area contributed by atoms with Crippen LogP contribution in [-0.4, -0.2) is 69.2 Å². The molecule has 0 rings (SSSR count). The molecule has 1 amide bonds. The van der Waals surface area contributed by atoms with Crippen LogP contribution in [0.1, 0.15) is 20.3 Å². The normalized spacial score (nSPS) is 18.7. The average Bonchev–Trinajstić information content (AvgIpc) is 2.25. The maximum absolute atomic E-state index is 11.2. The summed E-state index contributed by atoms with van der Waals surface area (Å²) in [7, 11) is 1.50. The second-order valence-corrected chi connectivity index (χ2v) is 3.92. The number of likely N-dealkylation sites (N-methyl/N-ethyl adjacent to an activating group) is 1. The molecule has 4 atom stereocenters. The summed E-state index contributed by atoms with van der Waals surface area (Å²) >= 11 is 0. The largest absolute Gasteiger partial charge is 0.391 e. The zero-order valence-corrected chi connectivity index (χ0v) is 9.87. The van der Waals surface area contributed by atoms with Gasteiger partial charge in [0.15, 0.2) is 0 Å². The van der Waals surface area contributed by atoms with Crippen molar-refractivity contribution in [3.8, 4) is 0 Å². The van der Waals surface area contributed by atoms with E-state index in [-0.39, 0.29) is 12.5 Å². The van der Waals surface area contributed by atoms with Gasteiger partial charge in [-0.2, -0.15) is 0 Å². The molecule has 4 N–H and O–H groups in total. The van der Waals surface area contributed by atoms with Gasteiger partial charge >= 0.3 is 0 Å². The van der Waals surface area contributed by atoms with E-state index in [4.69, 9.17) is 5.11 Å². The lowest BCUT2D eigenvalue weighted by Crippen LogP contribution is -2.48. The van der Waals surface area contributed by atoms with Crippen LogP contribution in [-0.2, 0) is 4.79 Å². The van der Waals surface area contributed by atoms with Crippen molar-refractivity contribution in [3.05, 3.63) is 0 Å². The van der Waals surface area contributed by atoms with E-state index in [1.807, 2.05) is 0 Å². The molecule has 0 aromatic heterocycles. The van der Waals surface area contributed by atoms with Gasteiger partial charge in [0.1, 0.15) is 18.3 Å². The van der Waals surface area contributed by atoms with E-state index >= 15 is 0 Å². The Labute approximate surface area is 95.1 Å². The van der Waals surface area contributed by atoms with Crippen LogP contribution in [0.25, 0.3) is 0 Å². The lowest BCUT2D eigenvalue weighted by molar-refractivity contribution is -0.135. The van der Waals surface area contributed by atoms with Gasteiger partial charge in [-0.25, -0.2) is 0 Å². The highest BCUT2D eigenvalue weighted by Crippen LogP contribution is 2.06. The quantitative estimate of drug-likeness (QED) is 0.440. The number of hydrogen-bond acceptors (Lipinski definition) is 5. The van der Waals surface area contributed by atoms with Crippen molar-refractivity contribution in [1.29, 1.82) is 0 Å². The predicted octanol–water partition coefficient (Wildman–Crippen LogP) is -1.68. The fraction of sp³-hybridized carbons (Fsp3) is 0.900. The number of hydrogen-bond donors (Lipinski definition) is 4. The van der Waals surface area contributed by atoms with Crippen LogP contribution in [0.3, 0.4) is 0 Å². The van der Waals surface area contributed by atoms with Crippen LogP contribution in [0.15, 0.2) is 0 Å². The number of nitrogens with zero attached hydrogens (tertiary/aromatic N) is 1. The van der Waals surface area contributed by atoms with Crippen molar-refractivity contribution in [2.45, 2.75) is 44.7 Å². The van der Waals surface area contributed by atoms with Crippen molar-refractivity contribution in [2.24, 2.45) is 0 Å². The highest BCUT2D eigenvalue weighted by atomic mass is 16.4. The van der Waals surface area contributed by atoms with E-state index in [1.54, 1.807) is 6.92 Å². The van der Waals surface area contributed by atoms with E-state index in [9.17, 15) is 20.1 Å². The minimum absolute atomic E-state index is 0.0857. The molecule has 0 saturated carbocycles. The van der Waals surface area contributed by atoms with Crippen LogP contribution in [0.2, 0.25) is 0 Å². The smallest absolute Gasteiger partial charge is 0.222 e. The molecule has 0 aromatic carbocycles. The fourth-order valence-electron chi connectivity index (χ4n) is 1.27. The Morgan fingerprint density at radius 1 is 1.19 bits per heavy atom. The zero-order chi connectivity index (χ0) is 12.9. The predicted molar refractivity (Wildman–Crippen MR) is 57.6 cm³/mol. The highest BCUT2D eigenvalue weighted by molar-refractivity contribution is 5.75. The Balaban J connectivity index is 4.24. The summed E-state index contributed by atoms with van der Waals surface area (Å²) in [5, 5.41) is 37.3. The lowest BCUT2D eigenvalue weighted by atomic mass is 10.0. The lowest BCUT2D eigenvalue weighted by Gasteiger charge is -2.27. The summed E-state index contributed by atoms with van der Waals surface area (Å²) in [4.78, 5) is 12.5. The third kappa shape index (κ3) is 4.44. The summed E-state index contributed by atoms with van der Waals surface area (Å²) < 4.78 is 0. The van der Waals surface area contributed by atoms with Crippen molar-refractivity contribution in [2.75, 3.05) is 13.6 Å². The molecule has 0 aliphatic carbocycles. The first-order chi connectivity index (χ1) is 7.31. The van der Waals surface area contributed by atoms with Gasteiger partial charge in [0.2, 0.25) is 5.91 Å². The Morgan fingerprint density at radius 3 is 2.06 bits per heavy atom. The molecule has 0 aliphatic rings. The second-order valence-electron chi connectivity index (χ2n) is 3.92. The molecule has 0 saturated heterocycles. The molecule has 4 unspecified atom stereocenters. The Morgan fingerprint density at radius 2 is 1.69 bits per heavy atom. The first-order valence-electron chi connectivity index (χ1n) is 5.27. The van der Waals surface area contributed by atoms with Gasteiger partial charge in [0.05, 0.1) is 6.10 Å². The molecule has 96 valence electrons. The summed E-state index contributed by atoms with van der Waals surface area (Å²) in [6.45, 7) is 2.91. The summed E-state index contributed by atoms with van der Waals surface area (Å²) in [6, 6.07) is 0. The molecule has 0 fully saturated rings. The Kier molecular flexibility index (Phi) is 6.51. The number of aliphatic hydroxyl groups excluding tert-OH is 4. The molecular weight excluding hydrogens is 214 g/mol. The van der Waals surface area contributed by atoms with Crippen LogP contribution >= 0.6 is 0 Å². The summed E-state index contributed by atoms with van der Waals surface area (Å²) in [5.41, 5.74) is 0. The zero-order valence-electron chi connectivity index (χ0n) is 9.87. The van der Waals surface area contributed by atoms with E-state index in [0.29, 0.717) is 6.42 Å². The number of rotatable bonds is 6. The van der Waals surface area contributed by atoms with Crippen molar-refractivity contribution >= 4 is 5.91 Å². The van der Waals surface area contributed by atoms with Gasteiger partial charge in [-0.15, -0.1) is 0 Å². The molecule has 0 spiro atoms. The molecule has 0 aromatic rings. The van der Waals surface area contributed by atoms with Crippen molar-refractivity contribution < 1.29 is 25.2 Å². The minimum Gasteiger partial charge on any atom is -0.391 e. The van der Waals surface area contributed by atoms with E-state index in [1.165, 1.54) is 18.9 Å². The highest BCUT2D eigenvalue weighted by Gasteiger charge is 2.29. The topological polar surface area (TPSA) is 101 Å². The van der Waals surface area contributed by atoms with E-state index in [2.05, 4.69) is 0 Å². The van der Waals surface area contributed by atoms with Crippen LogP contribution in [0.5, 0.6) is 0 Å². The van der Waals surface area contributed by atoms with Crippen molar-refractivity contribution in [3.63, 3.8) is 0 Å². The maximum atomic E-state index is 11.2. The van der Waals surface area contributed by atoms with Gasteiger partial charge in [0, 0.05) is 20.0 Å². The average molecular weight is 235 g/mol. The second kappa shape index (κ2) is 6.80. The third-order valence-corrected chi connectivity index (χ3v) is 2.43. The van der Waals surface area contributed by atoms with Gasteiger partial charge in [-0.05, 0) is 6.92 Å². The molecular formula is C10H21NO5. The summed E-state index contributed by atoms with van der Waals surface area (Å²) in [5.74, 6) is -0.169. The Bertz CT molecular complexity index is 221.